The van der Waals surface area contributed by atoms with Crippen LogP contribution in [0.3, 0.4) is 0 Å². The van der Waals surface area contributed by atoms with Crippen molar-refractivity contribution >= 4 is 0 Å². The number of hydrogen-bond acceptors (Lipinski definition) is 2. The minimum absolute atomic E-state index is 0.517. The maximum absolute atomic E-state index is 11.4. The van der Waals surface area contributed by atoms with Crippen LogP contribution in [0.15, 0.2) is 5.18 Å². The lowest BCUT2D eigenvalue weighted by atomic mass is 10.4. The molecule has 0 heterocycles. The summed E-state index contributed by atoms with van der Waals surface area (Å²) in [5.41, 5.74) is 0. The maximum atomic E-state index is 11.4. The minimum atomic E-state index is -3.35. The minimum Gasteiger partial charge on any atom is -0.178 e. The van der Waals surface area contributed by atoms with Crippen LogP contribution < -0.4 is 0 Å². The Labute approximate surface area is 39.5 Å². The van der Waals surface area contributed by atoms with E-state index in [0.29, 0.717) is 0 Å². The zero-order valence-electron chi connectivity index (χ0n) is 3.82. The van der Waals surface area contributed by atoms with Crippen molar-refractivity contribution in [2.45, 2.75) is 19.4 Å². The molecule has 0 amide bonds. The van der Waals surface area contributed by atoms with Crippen LogP contribution in [0.2, 0.25) is 0 Å². The lowest BCUT2D eigenvalue weighted by molar-refractivity contribution is 0.00534. The zero-order valence-corrected chi connectivity index (χ0v) is 3.82. The van der Waals surface area contributed by atoms with E-state index in [2.05, 4.69) is 0 Å². The number of nitrogens with zero attached hydrogens (tertiary/aromatic N) is 1. The molecule has 0 saturated carbocycles. The lowest BCUT2D eigenvalue weighted by Gasteiger charge is -1.98. The molecule has 0 spiro atoms. The average Bonchev–Trinajstić information content (AvgIpc) is 1.68. The molecular formula is C3H5F2NO. The van der Waals surface area contributed by atoms with Gasteiger partial charge in [-0.15, -0.1) is 4.91 Å². The van der Waals surface area contributed by atoms with Crippen LogP contribution in [0.1, 0.15) is 13.3 Å². The third-order valence-corrected chi connectivity index (χ3v) is 0.559. The molecule has 42 valence electrons. The van der Waals surface area contributed by atoms with E-state index in [1.165, 1.54) is 6.92 Å². The summed E-state index contributed by atoms with van der Waals surface area (Å²) in [4.78, 5) is 9.06. The molecule has 0 unspecified atom stereocenters. The summed E-state index contributed by atoms with van der Waals surface area (Å²) in [6.07, 6.45) is -0.517. The van der Waals surface area contributed by atoms with Gasteiger partial charge in [0.25, 0.3) is 0 Å². The molecule has 0 bridgehead atoms. The third kappa shape index (κ3) is 2.19. The number of rotatable bonds is 2. The summed E-state index contributed by atoms with van der Waals surface area (Å²) in [6, 6.07) is -3.35. The molecule has 7 heavy (non-hydrogen) atoms. The number of halogens is 2. The second-order valence-corrected chi connectivity index (χ2v) is 1.11. The number of hydrogen-bond donors (Lipinski definition) is 0. The van der Waals surface area contributed by atoms with E-state index in [1.54, 1.807) is 5.18 Å². The Bertz CT molecular complexity index is 73.3. The molecule has 0 aromatic rings. The smallest absolute Gasteiger partial charge is 0.178 e. The standard InChI is InChI=1S/C3H5F2NO/c1-2-3(4,5)6-7/h2H2,1H3. The molecule has 0 saturated heterocycles. The Kier molecular flexibility index (Phi) is 1.80. The van der Waals surface area contributed by atoms with E-state index in [-0.39, 0.29) is 0 Å². The van der Waals surface area contributed by atoms with Crippen molar-refractivity contribution in [1.82, 2.24) is 0 Å². The molecule has 0 aliphatic heterocycles. The molecule has 0 fully saturated rings. The highest BCUT2D eigenvalue weighted by Gasteiger charge is 2.25. The van der Waals surface area contributed by atoms with Crippen molar-refractivity contribution in [3.05, 3.63) is 4.91 Å². The molecule has 2 nitrogen and oxygen atoms in total. The molecule has 0 radical (unpaired) electrons. The zero-order chi connectivity index (χ0) is 5.91. The highest BCUT2D eigenvalue weighted by Crippen LogP contribution is 2.17. The van der Waals surface area contributed by atoms with Gasteiger partial charge < -0.3 is 0 Å². The van der Waals surface area contributed by atoms with Gasteiger partial charge in [0.05, 0.1) is 0 Å². The van der Waals surface area contributed by atoms with E-state index < -0.39 is 12.5 Å². The molecule has 4 heteroatoms. The first-order valence-electron chi connectivity index (χ1n) is 1.84. The summed E-state index contributed by atoms with van der Waals surface area (Å²) < 4.78 is 22.8. The summed E-state index contributed by atoms with van der Waals surface area (Å²) in [7, 11) is 0. The van der Waals surface area contributed by atoms with Gasteiger partial charge in [0, 0.05) is 11.6 Å². The van der Waals surface area contributed by atoms with E-state index >= 15 is 0 Å². The van der Waals surface area contributed by atoms with Gasteiger partial charge in [0.1, 0.15) is 0 Å². The third-order valence-electron chi connectivity index (χ3n) is 0.559. The van der Waals surface area contributed by atoms with Crippen molar-refractivity contribution < 1.29 is 8.78 Å². The average molecular weight is 109 g/mol. The van der Waals surface area contributed by atoms with Crippen molar-refractivity contribution in [2.75, 3.05) is 0 Å². The van der Waals surface area contributed by atoms with Crippen LogP contribution in [0.5, 0.6) is 0 Å². The molecule has 0 aromatic carbocycles. The Morgan fingerprint density at radius 2 is 2.14 bits per heavy atom. The molecule has 0 N–H and O–H groups in total. The van der Waals surface area contributed by atoms with E-state index in [1.807, 2.05) is 0 Å². The predicted molar refractivity (Wildman–Crippen MR) is 21.0 cm³/mol. The fourth-order valence-corrected chi connectivity index (χ4v) is 0.0645. The molecular weight excluding hydrogens is 104 g/mol. The number of alkyl halides is 2. The molecule has 0 aromatic heterocycles. The second-order valence-electron chi connectivity index (χ2n) is 1.11. The van der Waals surface area contributed by atoms with E-state index in [0.717, 1.165) is 0 Å². The molecule has 0 rings (SSSR count). The Balaban J connectivity index is 3.58. The van der Waals surface area contributed by atoms with Crippen molar-refractivity contribution in [3.63, 3.8) is 0 Å². The Morgan fingerprint density at radius 3 is 2.14 bits per heavy atom. The second kappa shape index (κ2) is 1.95. The van der Waals surface area contributed by atoms with E-state index in [9.17, 15) is 8.78 Å². The topological polar surface area (TPSA) is 29.4 Å². The predicted octanol–water partition coefficient (Wildman–Crippen LogP) is 1.76. The van der Waals surface area contributed by atoms with Gasteiger partial charge in [-0.2, -0.15) is 8.78 Å². The fourth-order valence-electron chi connectivity index (χ4n) is 0.0645. The van der Waals surface area contributed by atoms with Crippen molar-refractivity contribution in [1.29, 1.82) is 0 Å². The van der Waals surface area contributed by atoms with Gasteiger partial charge in [0.15, 0.2) is 0 Å². The van der Waals surface area contributed by atoms with Gasteiger partial charge in [-0.1, -0.05) is 6.92 Å². The lowest BCUT2D eigenvalue weighted by Crippen LogP contribution is -2.07. The fraction of sp³-hybridized carbons (Fsp3) is 1.00. The van der Waals surface area contributed by atoms with Gasteiger partial charge in [-0.05, 0) is 0 Å². The van der Waals surface area contributed by atoms with Crippen LogP contribution in [-0.4, -0.2) is 6.05 Å². The Morgan fingerprint density at radius 1 is 1.71 bits per heavy atom. The first kappa shape index (κ1) is 6.46. The largest absolute Gasteiger partial charge is 0.377 e. The summed E-state index contributed by atoms with van der Waals surface area (Å²) in [5.74, 6) is 0. The van der Waals surface area contributed by atoms with Crippen molar-refractivity contribution in [2.24, 2.45) is 5.18 Å². The quantitative estimate of drug-likeness (QED) is 0.392. The highest BCUT2D eigenvalue weighted by atomic mass is 19.3. The van der Waals surface area contributed by atoms with Gasteiger partial charge in [0.2, 0.25) is 0 Å². The van der Waals surface area contributed by atoms with Crippen LogP contribution in [-0.2, 0) is 0 Å². The van der Waals surface area contributed by atoms with Gasteiger partial charge in [-0.25, -0.2) is 0 Å². The van der Waals surface area contributed by atoms with Gasteiger partial charge in [-0.3, -0.25) is 0 Å². The Hall–Kier alpha value is -0.540. The van der Waals surface area contributed by atoms with E-state index in [4.69, 9.17) is 4.91 Å². The van der Waals surface area contributed by atoms with Crippen molar-refractivity contribution in [3.8, 4) is 0 Å². The summed E-state index contributed by atoms with van der Waals surface area (Å²) in [6.45, 7) is 1.20. The monoisotopic (exact) mass is 109 g/mol. The number of nitroso groups, excluding NO2 is 1. The first-order chi connectivity index (χ1) is 3.12. The maximum Gasteiger partial charge on any atom is 0.377 e. The van der Waals surface area contributed by atoms with Crippen LogP contribution in [0.4, 0.5) is 8.78 Å². The van der Waals surface area contributed by atoms with Gasteiger partial charge >= 0.3 is 6.05 Å². The summed E-state index contributed by atoms with van der Waals surface area (Å²) >= 11 is 0. The SMILES string of the molecule is CCC(F)(F)N=O. The summed E-state index contributed by atoms with van der Waals surface area (Å²) in [5, 5.41) is 1.56. The molecule has 0 atom stereocenters. The normalized spacial score (nSPS) is 11.3. The van der Waals surface area contributed by atoms with Crippen LogP contribution in [0, 0.1) is 4.91 Å². The molecule has 0 aliphatic carbocycles. The first-order valence-corrected chi connectivity index (χ1v) is 1.84. The van der Waals surface area contributed by atoms with Crippen LogP contribution >= 0.6 is 0 Å². The van der Waals surface area contributed by atoms with Crippen LogP contribution in [0.25, 0.3) is 0 Å². The molecule has 0 aliphatic rings. The highest BCUT2D eigenvalue weighted by molar-refractivity contribution is 4.55.